The Bertz CT molecular complexity index is 1270. The fourth-order valence-electron chi connectivity index (χ4n) is 3.88. The van der Waals surface area contributed by atoms with Gasteiger partial charge in [0, 0.05) is 44.0 Å². The van der Waals surface area contributed by atoms with Gasteiger partial charge in [0.25, 0.3) is 5.91 Å². The fourth-order valence-corrected chi connectivity index (χ4v) is 5.33. The Hall–Kier alpha value is -3.21. The van der Waals surface area contributed by atoms with Crippen LogP contribution in [0.25, 0.3) is 0 Å². The van der Waals surface area contributed by atoms with Crippen LogP contribution in [0.5, 0.6) is 0 Å². The Balaban J connectivity index is 1.34. The Morgan fingerprint density at radius 2 is 1.51 bits per heavy atom. The van der Waals surface area contributed by atoms with Crippen LogP contribution in [-0.4, -0.2) is 49.7 Å². The summed E-state index contributed by atoms with van der Waals surface area (Å²) in [6.07, 6.45) is -4.44. The van der Waals surface area contributed by atoms with Gasteiger partial charge in [-0.3, -0.25) is 9.69 Å². The number of nitrogens with one attached hydrogen (secondary N) is 1. The molecule has 0 aliphatic carbocycles. The van der Waals surface area contributed by atoms with E-state index in [4.69, 9.17) is 0 Å². The number of anilines is 1. The number of carbonyl (C=O) groups is 1. The maximum absolute atomic E-state index is 12.8. The van der Waals surface area contributed by atoms with Gasteiger partial charge in [0.2, 0.25) is 10.0 Å². The van der Waals surface area contributed by atoms with Gasteiger partial charge in [0.15, 0.2) is 0 Å². The van der Waals surface area contributed by atoms with E-state index in [9.17, 15) is 26.4 Å². The summed E-state index contributed by atoms with van der Waals surface area (Å²) in [6.45, 7) is 2.37. The molecule has 0 bridgehead atoms. The highest BCUT2D eigenvalue weighted by molar-refractivity contribution is 7.89. The van der Waals surface area contributed by atoms with E-state index in [0.717, 1.165) is 17.7 Å². The number of rotatable bonds is 6. The molecule has 1 saturated heterocycles. The molecule has 1 heterocycles. The van der Waals surface area contributed by atoms with Crippen LogP contribution in [0.4, 0.5) is 18.9 Å². The van der Waals surface area contributed by atoms with Crippen molar-refractivity contribution < 1.29 is 26.4 Å². The van der Waals surface area contributed by atoms with Crippen molar-refractivity contribution in [2.45, 2.75) is 17.6 Å². The minimum absolute atomic E-state index is 0.268. The Morgan fingerprint density at radius 3 is 2.14 bits per heavy atom. The highest BCUT2D eigenvalue weighted by Crippen LogP contribution is 2.30. The molecule has 1 aliphatic rings. The number of nitrogens with zero attached hydrogens (tertiary/aromatic N) is 2. The number of carbonyl (C=O) groups excluding carboxylic acids is 1. The molecule has 10 heteroatoms. The van der Waals surface area contributed by atoms with Gasteiger partial charge in [0.05, 0.1) is 10.5 Å². The number of hydrogen-bond donors (Lipinski definition) is 1. The van der Waals surface area contributed by atoms with Crippen LogP contribution in [-0.2, 0) is 22.7 Å². The summed E-state index contributed by atoms with van der Waals surface area (Å²) in [5.74, 6) is -0.426. The van der Waals surface area contributed by atoms with Crippen molar-refractivity contribution in [3.05, 3.63) is 95.6 Å². The predicted molar refractivity (Wildman–Crippen MR) is 126 cm³/mol. The van der Waals surface area contributed by atoms with E-state index in [1.807, 2.05) is 6.07 Å². The van der Waals surface area contributed by atoms with Gasteiger partial charge in [-0.25, -0.2) is 8.42 Å². The summed E-state index contributed by atoms with van der Waals surface area (Å²) >= 11 is 0. The monoisotopic (exact) mass is 503 g/mol. The van der Waals surface area contributed by atoms with Gasteiger partial charge in [0.1, 0.15) is 0 Å². The average molecular weight is 504 g/mol. The second-order valence-electron chi connectivity index (χ2n) is 8.22. The number of benzene rings is 3. The summed E-state index contributed by atoms with van der Waals surface area (Å²) in [6, 6.07) is 19.6. The first kappa shape index (κ1) is 24.9. The van der Waals surface area contributed by atoms with Crippen molar-refractivity contribution in [2.24, 2.45) is 0 Å². The lowest BCUT2D eigenvalue weighted by atomic mass is 10.1. The van der Waals surface area contributed by atoms with Crippen LogP contribution >= 0.6 is 0 Å². The molecule has 0 radical (unpaired) electrons. The van der Waals surface area contributed by atoms with Crippen LogP contribution in [0.15, 0.2) is 83.8 Å². The van der Waals surface area contributed by atoms with Crippen LogP contribution in [0.2, 0.25) is 0 Å². The third kappa shape index (κ3) is 6.08. The molecule has 1 fully saturated rings. The van der Waals surface area contributed by atoms with E-state index in [0.29, 0.717) is 38.3 Å². The maximum atomic E-state index is 12.8. The molecule has 3 aromatic rings. The first-order valence-electron chi connectivity index (χ1n) is 11.0. The lowest BCUT2D eigenvalue weighted by Crippen LogP contribution is -2.48. The van der Waals surface area contributed by atoms with Crippen LogP contribution < -0.4 is 5.32 Å². The quantitative estimate of drug-likeness (QED) is 0.539. The molecular weight excluding hydrogens is 479 g/mol. The van der Waals surface area contributed by atoms with Crippen molar-refractivity contribution >= 4 is 21.6 Å². The van der Waals surface area contributed by atoms with Gasteiger partial charge >= 0.3 is 6.18 Å². The van der Waals surface area contributed by atoms with E-state index in [2.05, 4.69) is 10.2 Å². The standard InChI is InChI=1S/C25H24F3N3O3S/c26-25(27,28)21-9-11-22(12-10-21)29-24(32)20-6-4-5-19(17-20)18-30-13-15-31(16-14-30)35(33,34)23-7-2-1-3-8-23/h1-12,17H,13-16,18H2,(H,29,32). The molecule has 1 aliphatic heterocycles. The second-order valence-corrected chi connectivity index (χ2v) is 10.2. The number of alkyl halides is 3. The third-order valence-corrected chi connectivity index (χ3v) is 7.69. The smallest absolute Gasteiger partial charge is 0.322 e. The van der Waals surface area contributed by atoms with Crippen LogP contribution in [0, 0.1) is 0 Å². The number of sulfonamides is 1. The van der Waals surface area contributed by atoms with Crippen molar-refractivity contribution in [3.63, 3.8) is 0 Å². The fraction of sp³-hybridized carbons (Fsp3) is 0.240. The molecule has 3 aromatic carbocycles. The molecule has 1 amide bonds. The zero-order valence-electron chi connectivity index (χ0n) is 18.7. The lowest BCUT2D eigenvalue weighted by Gasteiger charge is -2.34. The molecule has 0 atom stereocenters. The molecule has 0 saturated carbocycles. The van der Waals surface area contributed by atoms with Crippen LogP contribution in [0.3, 0.4) is 0 Å². The van der Waals surface area contributed by atoms with Gasteiger partial charge in [-0.05, 0) is 54.1 Å². The first-order chi connectivity index (χ1) is 16.6. The van der Waals surface area contributed by atoms with Gasteiger partial charge < -0.3 is 5.32 Å². The zero-order chi connectivity index (χ0) is 25.1. The van der Waals surface area contributed by atoms with Crippen molar-refractivity contribution in [3.8, 4) is 0 Å². The van der Waals surface area contributed by atoms with Crippen molar-refractivity contribution in [1.29, 1.82) is 0 Å². The summed E-state index contributed by atoms with van der Waals surface area (Å²) < 4.78 is 65.2. The molecule has 0 unspecified atom stereocenters. The molecule has 1 N–H and O–H groups in total. The van der Waals surface area contributed by atoms with Gasteiger partial charge in [-0.1, -0.05) is 30.3 Å². The number of halogens is 3. The molecular formula is C25H24F3N3O3S. The first-order valence-corrected chi connectivity index (χ1v) is 12.4. The molecule has 0 aromatic heterocycles. The molecule has 4 rings (SSSR count). The normalized spacial score (nSPS) is 15.6. The van der Waals surface area contributed by atoms with Gasteiger partial charge in [-0.15, -0.1) is 0 Å². The lowest BCUT2D eigenvalue weighted by molar-refractivity contribution is -0.137. The van der Waals surface area contributed by atoms with E-state index in [-0.39, 0.29) is 10.6 Å². The molecule has 35 heavy (non-hydrogen) atoms. The largest absolute Gasteiger partial charge is 0.416 e. The van der Waals surface area contributed by atoms with Crippen molar-refractivity contribution in [1.82, 2.24) is 9.21 Å². The van der Waals surface area contributed by atoms with Crippen LogP contribution in [0.1, 0.15) is 21.5 Å². The molecule has 184 valence electrons. The van der Waals surface area contributed by atoms with E-state index >= 15 is 0 Å². The summed E-state index contributed by atoms with van der Waals surface area (Å²) in [5, 5.41) is 2.61. The second kappa shape index (κ2) is 10.2. The molecule has 0 spiro atoms. The Labute approximate surface area is 202 Å². The number of amides is 1. The number of hydrogen-bond acceptors (Lipinski definition) is 4. The maximum Gasteiger partial charge on any atom is 0.416 e. The summed E-state index contributed by atoms with van der Waals surface area (Å²) in [4.78, 5) is 15.0. The SMILES string of the molecule is O=C(Nc1ccc(C(F)(F)F)cc1)c1cccc(CN2CCN(S(=O)(=O)c3ccccc3)CC2)c1. The minimum Gasteiger partial charge on any atom is -0.322 e. The molecule has 6 nitrogen and oxygen atoms in total. The highest BCUT2D eigenvalue weighted by Gasteiger charge is 2.30. The topological polar surface area (TPSA) is 69.7 Å². The predicted octanol–water partition coefficient (Wildman–Crippen LogP) is 4.46. The highest BCUT2D eigenvalue weighted by atomic mass is 32.2. The summed E-state index contributed by atoms with van der Waals surface area (Å²) in [7, 11) is -3.53. The van der Waals surface area contributed by atoms with E-state index in [1.165, 1.54) is 16.4 Å². The number of piperazine rings is 1. The third-order valence-electron chi connectivity index (χ3n) is 5.78. The Morgan fingerprint density at radius 1 is 0.857 bits per heavy atom. The van der Waals surface area contributed by atoms with E-state index < -0.39 is 27.7 Å². The van der Waals surface area contributed by atoms with Crippen molar-refractivity contribution in [2.75, 3.05) is 31.5 Å². The summed E-state index contributed by atoms with van der Waals surface area (Å²) in [5.41, 5.74) is 0.746. The minimum atomic E-state index is -4.44. The average Bonchev–Trinajstić information content (AvgIpc) is 2.85. The zero-order valence-corrected chi connectivity index (χ0v) is 19.5. The van der Waals surface area contributed by atoms with E-state index in [1.54, 1.807) is 48.5 Å². The van der Waals surface area contributed by atoms with Gasteiger partial charge in [-0.2, -0.15) is 17.5 Å². The Kier molecular flexibility index (Phi) is 7.25.